The standard InChI is InChI=1S/C47H74O18/c1-42(2)14-15-47(41(58)59-7)23(16-42)22-8-9-28-43(3)12-11-30(44(4,21-49)27(43)10-13-45(28,5)46(22,6)17-29(47)52)63-40-37(65-39-35(57)33(55)32(54)26(18-48)62-39)36(25(51)20-61-40)64-38-34(56)31(53)24(50)19-60-38/h8,21,23-40,48,50-57H,9-20H2,1-7H3/t23?,24-,25-,26?,27-,28?,29?,30+,31+,32+,33+,34?,35?,36+,37?,38+,39+,40+,43?,44-,45+,46-,47-/m1/s1. The summed E-state index contributed by atoms with van der Waals surface area (Å²) in [7, 11) is 1.41. The van der Waals surface area contributed by atoms with Gasteiger partial charge in [0.25, 0.3) is 0 Å². The van der Waals surface area contributed by atoms with Gasteiger partial charge in [-0.25, -0.2) is 0 Å². The Hall–Kier alpha value is -1.72. The fraction of sp³-hybridized carbons (Fsp3) is 0.915. The molecule has 0 aromatic heterocycles. The van der Waals surface area contributed by atoms with Crippen molar-refractivity contribution in [2.45, 2.75) is 191 Å². The third kappa shape index (κ3) is 7.62. The molecule has 5 aliphatic carbocycles. The summed E-state index contributed by atoms with van der Waals surface area (Å²) in [5.74, 6) is -0.618. The van der Waals surface area contributed by atoms with Gasteiger partial charge in [-0.05, 0) is 97.2 Å². The number of ether oxygens (including phenoxy) is 7. The summed E-state index contributed by atoms with van der Waals surface area (Å²) in [5.41, 5.74) is -2.05. The largest absolute Gasteiger partial charge is 0.468 e. The summed E-state index contributed by atoms with van der Waals surface area (Å²) in [6, 6.07) is 0. The second-order valence-corrected chi connectivity index (χ2v) is 22.5. The van der Waals surface area contributed by atoms with E-state index >= 15 is 0 Å². The smallest absolute Gasteiger partial charge is 0.315 e. The molecule has 3 heterocycles. The highest BCUT2D eigenvalue weighted by molar-refractivity contribution is 5.79. The maximum atomic E-state index is 13.8. The van der Waals surface area contributed by atoms with Crippen LogP contribution in [0.2, 0.25) is 0 Å². The van der Waals surface area contributed by atoms with Gasteiger partial charge in [0.15, 0.2) is 18.9 Å². The van der Waals surface area contributed by atoms with Crippen molar-refractivity contribution in [2.24, 2.45) is 50.2 Å². The minimum atomic E-state index is -1.87. The number of hydrogen-bond acceptors (Lipinski definition) is 18. The van der Waals surface area contributed by atoms with Gasteiger partial charge in [-0.1, -0.05) is 53.2 Å². The van der Waals surface area contributed by atoms with Gasteiger partial charge in [0.2, 0.25) is 0 Å². The van der Waals surface area contributed by atoms with Crippen LogP contribution in [0, 0.1) is 50.2 Å². The van der Waals surface area contributed by atoms with Crippen molar-refractivity contribution >= 4 is 12.3 Å². The molecule has 9 N–H and O–H groups in total. The highest BCUT2D eigenvalue weighted by Crippen LogP contribution is 2.76. The number of carbonyl (C=O) groups is 2. The number of methoxy groups -OCH3 is 1. The van der Waals surface area contributed by atoms with Crippen molar-refractivity contribution in [3.8, 4) is 0 Å². The number of esters is 1. The van der Waals surface area contributed by atoms with Crippen LogP contribution < -0.4 is 0 Å². The molecule has 65 heavy (non-hydrogen) atoms. The van der Waals surface area contributed by atoms with Gasteiger partial charge in [-0.3, -0.25) is 4.79 Å². The summed E-state index contributed by atoms with van der Waals surface area (Å²) in [6.07, 6.45) is -13.5. The van der Waals surface area contributed by atoms with Gasteiger partial charge < -0.3 is 83.9 Å². The van der Waals surface area contributed by atoms with E-state index in [0.717, 1.165) is 32.0 Å². The van der Waals surface area contributed by atoms with Crippen molar-refractivity contribution in [3.63, 3.8) is 0 Å². The Kier molecular flexibility index (Phi) is 13.5. The van der Waals surface area contributed by atoms with Crippen LogP contribution in [0.25, 0.3) is 0 Å². The fourth-order valence-electron chi connectivity index (χ4n) is 14.7. The first kappa shape index (κ1) is 49.7. The molecule has 8 aliphatic rings. The molecule has 18 nitrogen and oxygen atoms in total. The molecule has 0 aromatic carbocycles. The average Bonchev–Trinajstić information content (AvgIpc) is 3.26. The highest BCUT2D eigenvalue weighted by atomic mass is 16.8. The van der Waals surface area contributed by atoms with Crippen LogP contribution in [0.3, 0.4) is 0 Å². The second-order valence-electron chi connectivity index (χ2n) is 22.5. The number of allylic oxidation sites excluding steroid dienone is 2. The molecule has 370 valence electrons. The van der Waals surface area contributed by atoms with Crippen LogP contribution >= 0.6 is 0 Å². The van der Waals surface area contributed by atoms with E-state index in [0.29, 0.717) is 32.1 Å². The summed E-state index contributed by atoms with van der Waals surface area (Å²) in [6.45, 7) is 11.7. The van der Waals surface area contributed by atoms with Crippen LogP contribution in [0.1, 0.15) is 99.3 Å². The summed E-state index contributed by atoms with van der Waals surface area (Å²) >= 11 is 0. The Bertz CT molecular complexity index is 1800. The Balaban J connectivity index is 1.09. The zero-order chi connectivity index (χ0) is 47.4. The van der Waals surface area contributed by atoms with E-state index in [1.165, 1.54) is 12.7 Å². The zero-order valence-corrected chi connectivity index (χ0v) is 38.7. The lowest BCUT2D eigenvalue weighted by atomic mass is 9.33. The summed E-state index contributed by atoms with van der Waals surface area (Å²) in [5, 5.41) is 97.0. The molecule has 7 fully saturated rings. The van der Waals surface area contributed by atoms with E-state index in [1.54, 1.807) is 0 Å². The van der Waals surface area contributed by atoms with Crippen LogP contribution in [0.15, 0.2) is 11.6 Å². The third-order valence-corrected chi connectivity index (χ3v) is 18.7. The summed E-state index contributed by atoms with van der Waals surface area (Å²) < 4.78 is 41.9. The molecule has 0 amide bonds. The zero-order valence-electron chi connectivity index (χ0n) is 38.7. The first-order valence-electron chi connectivity index (χ1n) is 23.6. The lowest BCUT2D eigenvalue weighted by Gasteiger charge is -2.71. The third-order valence-electron chi connectivity index (χ3n) is 18.7. The van der Waals surface area contributed by atoms with E-state index in [-0.39, 0.29) is 40.0 Å². The van der Waals surface area contributed by atoms with Gasteiger partial charge in [-0.2, -0.15) is 0 Å². The van der Waals surface area contributed by atoms with Crippen molar-refractivity contribution in [2.75, 3.05) is 26.9 Å². The van der Waals surface area contributed by atoms with Gasteiger partial charge in [0.1, 0.15) is 72.7 Å². The SMILES string of the molecule is COC(=O)[C@]12CCC(C)(C)CC1C1=CCC3C4(C)CC[C@H](O[C@@H]5OC[C@@H](O)[C@H](O[C@@H]6OC[C@@H](O)[C@H](O)C6O)C5O[C@@H]5OC(CO)[C@H](O)[C@H](O)C5O)[C@](C)(C=O)[C@@H]4CC[C@]3(C)[C@]1(C)CC2O. The quantitative estimate of drug-likeness (QED) is 0.0648. The Morgan fingerprint density at radius 1 is 0.738 bits per heavy atom. The Morgan fingerprint density at radius 3 is 2.08 bits per heavy atom. The fourth-order valence-corrected chi connectivity index (χ4v) is 14.7. The van der Waals surface area contributed by atoms with Gasteiger partial charge in [-0.15, -0.1) is 0 Å². The molecule has 0 aromatic rings. The molecule has 4 saturated carbocycles. The number of carbonyl (C=O) groups excluding carboxylic acids is 2. The van der Waals surface area contributed by atoms with E-state index in [4.69, 9.17) is 33.2 Å². The topological polar surface area (TPSA) is 281 Å². The van der Waals surface area contributed by atoms with E-state index < -0.39 is 128 Å². The average molecular weight is 927 g/mol. The number of rotatable bonds is 9. The minimum Gasteiger partial charge on any atom is -0.468 e. The van der Waals surface area contributed by atoms with Gasteiger partial charge in [0.05, 0.1) is 44.6 Å². The van der Waals surface area contributed by atoms with Crippen LogP contribution in [-0.2, 0) is 42.7 Å². The maximum absolute atomic E-state index is 13.8. The Labute approximate surface area is 380 Å². The lowest BCUT2D eigenvalue weighted by molar-refractivity contribution is -0.384. The molecule has 8 rings (SSSR count). The maximum Gasteiger partial charge on any atom is 0.315 e. The predicted octanol–water partition coefficient (Wildman–Crippen LogP) is 0.223. The first-order chi connectivity index (χ1) is 30.5. The Morgan fingerprint density at radius 2 is 1.40 bits per heavy atom. The van der Waals surface area contributed by atoms with Crippen molar-refractivity contribution in [1.82, 2.24) is 0 Å². The highest BCUT2D eigenvalue weighted by Gasteiger charge is 2.72. The predicted molar refractivity (Wildman–Crippen MR) is 225 cm³/mol. The minimum absolute atomic E-state index is 0.0331. The van der Waals surface area contributed by atoms with E-state index in [1.807, 2.05) is 6.92 Å². The second kappa shape index (κ2) is 17.6. The molecule has 0 spiro atoms. The van der Waals surface area contributed by atoms with Crippen molar-refractivity contribution in [3.05, 3.63) is 11.6 Å². The van der Waals surface area contributed by atoms with Crippen LogP contribution in [-0.4, -0.2) is 177 Å². The van der Waals surface area contributed by atoms with Gasteiger partial charge >= 0.3 is 5.97 Å². The molecule has 18 heteroatoms. The van der Waals surface area contributed by atoms with E-state index in [9.17, 15) is 55.5 Å². The first-order valence-corrected chi connectivity index (χ1v) is 23.6. The van der Waals surface area contributed by atoms with Crippen molar-refractivity contribution < 1.29 is 88.7 Å². The van der Waals surface area contributed by atoms with Crippen molar-refractivity contribution in [1.29, 1.82) is 0 Å². The molecular weight excluding hydrogens is 852 g/mol. The number of hydrogen-bond donors (Lipinski definition) is 9. The molecule has 23 atom stereocenters. The number of fused-ring (bicyclic) bond motifs is 7. The molecule has 0 radical (unpaired) electrons. The van der Waals surface area contributed by atoms with E-state index in [2.05, 4.69) is 40.7 Å². The monoisotopic (exact) mass is 926 g/mol. The summed E-state index contributed by atoms with van der Waals surface area (Å²) in [4.78, 5) is 27.6. The number of aliphatic hydroxyl groups excluding tert-OH is 9. The number of aliphatic hydroxyl groups is 9. The number of aldehydes is 1. The molecule has 3 aliphatic heterocycles. The molecule has 0 bridgehead atoms. The lowest BCUT2D eigenvalue weighted by Crippen LogP contribution is -2.68. The normalized spacial score (nSPS) is 54.2. The molecule has 8 unspecified atom stereocenters. The van der Waals surface area contributed by atoms with Crippen LogP contribution in [0.5, 0.6) is 0 Å². The van der Waals surface area contributed by atoms with Gasteiger partial charge in [0, 0.05) is 0 Å². The molecule has 3 saturated heterocycles. The molecular formula is C47H74O18. The van der Waals surface area contributed by atoms with Crippen LogP contribution in [0.4, 0.5) is 0 Å².